The van der Waals surface area contributed by atoms with E-state index in [-0.39, 0.29) is 0 Å². The lowest BCUT2D eigenvalue weighted by atomic mass is 10.1. The molecule has 0 spiro atoms. The van der Waals surface area contributed by atoms with E-state index >= 15 is 0 Å². The highest BCUT2D eigenvalue weighted by molar-refractivity contribution is 6.33. The van der Waals surface area contributed by atoms with Gasteiger partial charge in [0.2, 0.25) is 0 Å². The fraction of sp³-hybridized carbons (Fsp3) is 0.0909. The largest absolute Gasteiger partial charge is 0.361 e. The van der Waals surface area contributed by atoms with E-state index in [1.54, 1.807) is 0 Å². The van der Waals surface area contributed by atoms with Gasteiger partial charge in [-0.15, -0.1) is 0 Å². The summed E-state index contributed by atoms with van der Waals surface area (Å²) in [5, 5.41) is 0.782. The minimum Gasteiger partial charge on any atom is -0.361 e. The minimum atomic E-state index is 0.782. The topological polar surface area (TPSA) is 15.8 Å². The van der Waals surface area contributed by atoms with Crippen molar-refractivity contribution in [2.45, 2.75) is 6.92 Å². The van der Waals surface area contributed by atoms with Crippen LogP contribution in [0.5, 0.6) is 0 Å². The van der Waals surface area contributed by atoms with E-state index in [9.17, 15) is 0 Å². The van der Waals surface area contributed by atoms with Crippen LogP contribution in [0.15, 0.2) is 36.5 Å². The van der Waals surface area contributed by atoms with Crippen molar-refractivity contribution in [3.8, 4) is 11.3 Å². The molecule has 1 aromatic carbocycles. The molecule has 0 aliphatic carbocycles. The number of hydrogen-bond donors (Lipinski definition) is 1. The SMILES string of the molecule is Cc1c[nH]c(-c2ccccc2Cl)c1. The van der Waals surface area contributed by atoms with E-state index < -0.39 is 0 Å². The molecule has 0 radical (unpaired) electrons. The summed E-state index contributed by atoms with van der Waals surface area (Å²) in [5.41, 5.74) is 3.34. The highest BCUT2D eigenvalue weighted by Crippen LogP contribution is 2.26. The van der Waals surface area contributed by atoms with Crippen LogP contribution in [0, 0.1) is 6.92 Å². The molecule has 0 bridgehead atoms. The van der Waals surface area contributed by atoms with Crippen molar-refractivity contribution in [2.75, 3.05) is 0 Å². The lowest BCUT2D eigenvalue weighted by molar-refractivity contribution is 1.38. The highest BCUT2D eigenvalue weighted by Gasteiger charge is 2.02. The standard InChI is InChI=1S/C11H10ClN/c1-8-6-11(13-7-8)9-4-2-3-5-10(9)12/h2-7,13H,1H3. The Labute approximate surface area is 82.4 Å². The van der Waals surface area contributed by atoms with Crippen LogP contribution < -0.4 is 0 Å². The van der Waals surface area contributed by atoms with Crippen molar-refractivity contribution in [3.05, 3.63) is 47.1 Å². The maximum absolute atomic E-state index is 6.05. The number of aromatic nitrogens is 1. The molecular weight excluding hydrogens is 182 g/mol. The van der Waals surface area contributed by atoms with Gasteiger partial charge < -0.3 is 4.98 Å². The number of H-pyrrole nitrogens is 1. The van der Waals surface area contributed by atoms with Crippen LogP contribution in [0.25, 0.3) is 11.3 Å². The Morgan fingerprint density at radius 3 is 2.62 bits per heavy atom. The zero-order valence-corrected chi connectivity index (χ0v) is 8.10. The predicted octanol–water partition coefficient (Wildman–Crippen LogP) is 3.64. The average molecular weight is 192 g/mol. The second-order valence-corrected chi connectivity index (χ2v) is 3.48. The lowest BCUT2D eigenvalue weighted by Gasteiger charge is -1.99. The van der Waals surface area contributed by atoms with E-state index in [2.05, 4.69) is 18.0 Å². The van der Waals surface area contributed by atoms with Crippen LogP contribution in [0.2, 0.25) is 5.02 Å². The smallest absolute Gasteiger partial charge is 0.0499 e. The summed E-state index contributed by atoms with van der Waals surface area (Å²) in [7, 11) is 0. The fourth-order valence-corrected chi connectivity index (χ4v) is 1.58. The van der Waals surface area contributed by atoms with Crippen LogP contribution in [0.3, 0.4) is 0 Å². The Morgan fingerprint density at radius 1 is 1.23 bits per heavy atom. The van der Waals surface area contributed by atoms with Gasteiger partial charge in [0.15, 0.2) is 0 Å². The molecule has 0 aliphatic heterocycles. The molecule has 2 rings (SSSR count). The molecule has 1 aromatic heterocycles. The van der Waals surface area contributed by atoms with Gasteiger partial charge in [-0.1, -0.05) is 29.8 Å². The van der Waals surface area contributed by atoms with Crippen molar-refractivity contribution in [2.24, 2.45) is 0 Å². The Bertz CT molecular complexity index is 418. The molecule has 0 unspecified atom stereocenters. The third kappa shape index (κ3) is 1.61. The number of nitrogens with one attached hydrogen (secondary N) is 1. The van der Waals surface area contributed by atoms with Gasteiger partial charge in [0.25, 0.3) is 0 Å². The van der Waals surface area contributed by atoms with Crippen molar-refractivity contribution >= 4 is 11.6 Å². The Hall–Kier alpha value is -1.21. The van der Waals surface area contributed by atoms with Gasteiger partial charge in [-0.2, -0.15) is 0 Å². The van der Waals surface area contributed by atoms with E-state index in [0.29, 0.717) is 0 Å². The molecule has 2 aromatic rings. The summed E-state index contributed by atoms with van der Waals surface area (Å²) in [6, 6.07) is 9.90. The number of benzene rings is 1. The van der Waals surface area contributed by atoms with Crippen LogP contribution in [-0.2, 0) is 0 Å². The molecular formula is C11H10ClN. The molecule has 0 saturated heterocycles. The maximum atomic E-state index is 6.05. The average Bonchev–Trinajstić information content (AvgIpc) is 2.53. The van der Waals surface area contributed by atoms with Crippen molar-refractivity contribution in [1.82, 2.24) is 4.98 Å². The van der Waals surface area contributed by atoms with Gasteiger partial charge in [-0.05, 0) is 24.6 Å². The third-order valence-corrected chi connectivity index (χ3v) is 2.32. The zero-order chi connectivity index (χ0) is 9.26. The van der Waals surface area contributed by atoms with E-state index in [0.717, 1.165) is 16.3 Å². The Kier molecular flexibility index (Phi) is 2.11. The number of aryl methyl sites for hydroxylation is 1. The molecule has 0 saturated carbocycles. The van der Waals surface area contributed by atoms with Crippen molar-refractivity contribution < 1.29 is 0 Å². The molecule has 0 amide bonds. The number of halogens is 1. The predicted molar refractivity (Wildman–Crippen MR) is 56.0 cm³/mol. The first kappa shape index (κ1) is 8.39. The van der Waals surface area contributed by atoms with Gasteiger partial charge >= 0.3 is 0 Å². The summed E-state index contributed by atoms with van der Waals surface area (Å²) in [5.74, 6) is 0. The first-order chi connectivity index (χ1) is 6.27. The second kappa shape index (κ2) is 3.27. The summed E-state index contributed by atoms with van der Waals surface area (Å²) < 4.78 is 0. The summed E-state index contributed by atoms with van der Waals surface area (Å²) in [6.07, 6.45) is 1.97. The Balaban J connectivity index is 2.52. The molecule has 13 heavy (non-hydrogen) atoms. The van der Waals surface area contributed by atoms with Gasteiger partial charge in [0, 0.05) is 22.5 Å². The first-order valence-electron chi connectivity index (χ1n) is 4.17. The van der Waals surface area contributed by atoms with Crippen LogP contribution in [0.1, 0.15) is 5.56 Å². The van der Waals surface area contributed by atoms with Crippen molar-refractivity contribution in [1.29, 1.82) is 0 Å². The van der Waals surface area contributed by atoms with Crippen LogP contribution in [-0.4, -0.2) is 4.98 Å². The maximum Gasteiger partial charge on any atom is 0.0499 e. The molecule has 1 heterocycles. The number of aromatic amines is 1. The summed E-state index contributed by atoms with van der Waals surface area (Å²) in [6.45, 7) is 2.05. The quantitative estimate of drug-likeness (QED) is 0.709. The van der Waals surface area contributed by atoms with Crippen molar-refractivity contribution in [3.63, 3.8) is 0 Å². The van der Waals surface area contributed by atoms with E-state index in [1.165, 1.54) is 5.56 Å². The summed E-state index contributed by atoms with van der Waals surface area (Å²) >= 11 is 6.05. The van der Waals surface area contributed by atoms with E-state index in [1.807, 2.05) is 30.5 Å². The number of rotatable bonds is 1. The van der Waals surface area contributed by atoms with Gasteiger partial charge in [-0.25, -0.2) is 0 Å². The van der Waals surface area contributed by atoms with Gasteiger partial charge in [0.05, 0.1) is 0 Å². The van der Waals surface area contributed by atoms with Crippen LogP contribution >= 0.6 is 11.6 Å². The van der Waals surface area contributed by atoms with E-state index in [4.69, 9.17) is 11.6 Å². The third-order valence-electron chi connectivity index (χ3n) is 1.99. The molecule has 2 heteroatoms. The molecule has 1 nitrogen and oxygen atoms in total. The molecule has 0 fully saturated rings. The molecule has 0 aliphatic rings. The molecule has 66 valence electrons. The second-order valence-electron chi connectivity index (χ2n) is 3.07. The highest BCUT2D eigenvalue weighted by atomic mass is 35.5. The fourth-order valence-electron chi connectivity index (χ4n) is 1.34. The number of hydrogen-bond acceptors (Lipinski definition) is 0. The Morgan fingerprint density at radius 2 is 2.00 bits per heavy atom. The monoisotopic (exact) mass is 191 g/mol. The minimum absolute atomic E-state index is 0.782. The van der Waals surface area contributed by atoms with Gasteiger partial charge in [0.1, 0.15) is 0 Å². The molecule has 0 atom stereocenters. The van der Waals surface area contributed by atoms with Crippen LogP contribution in [0.4, 0.5) is 0 Å². The zero-order valence-electron chi connectivity index (χ0n) is 7.34. The van der Waals surface area contributed by atoms with Gasteiger partial charge in [-0.3, -0.25) is 0 Å². The first-order valence-corrected chi connectivity index (χ1v) is 4.55. The molecule has 1 N–H and O–H groups in total. The summed E-state index contributed by atoms with van der Waals surface area (Å²) in [4.78, 5) is 3.18. The normalized spacial score (nSPS) is 10.3. The lowest BCUT2D eigenvalue weighted by Crippen LogP contribution is -1.77.